The van der Waals surface area contributed by atoms with Crippen molar-refractivity contribution in [2.24, 2.45) is 0 Å². The molecule has 0 saturated carbocycles. The Morgan fingerprint density at radius 3 is 2.65 bits per heavy atom. The van der Waals surface area contributed by atoms with Gasteiger partial charge in [0, 0.05) is 7.05 Å². The Bertz CT molecular complexity index is 694. The molecule has 122 valence electrons. The smallest absolute Gasteiger partial charge is 0.373 e. The SMILES string of the molecule is CCOC(=O)/C(O)=C1\C(=O)N(C)C(=O)[C@H]1c1cccc(OC)c1. The maximum Gasteiger partial charge on any atom is 0.373 e. The van der Waals surface area contributed by atoms with Crippen LogP contribution in [0.25, 0.3) is 0 Å². The van der Waals surface area contributed by atoms with Crippen LogP contribution in [0, 0.1) is 0 Å². The van der Waals surface area contributed by atoms with Gasteiger partial charge in [-0.2, -0.15) is 0 Å². The molecule has 2 amide bonds. The molecular weight excluding hydrogens is 302 g/mol. The minimum Gasteiger partial charge on any atom is -0.501 e. The van der Waals surface area contributed by atoms with Crippen molar-refractivity contribution < 1.29 is 29.0 Å². The van der Waals surface area contributed by atoms with Crippen LogP contribution in [0.3, 0.4) is 0 Å². The van der Waals surface area contributed by atoms with Gasteiger partial charge in [0.15, 0.2) is 0 Å². The summed E-state index contributed by atoms with van der Waals surface area (Å²) in [5.74, 6) is -3.73. The van der Waals surface area contributed by atoms with Gasteiger partial charge in [0.05, 0.1) is 25.2 Å². The Hall–Kier alpha value is -2.83. The number of hydrogen-bond donors (Lipinski definition) is 1. The summed E-state index contributed by atoms with van der Waals surface area (Å²) < 4.78 is 9.82. The molecule has 0 aromatic heterocycles. The minimum absolute atomic E-state index is 0.0397. The molecule has 0 radical (unpaired) electrons. The number of nitrogens with zero attached hydrogens (tertiary/aromatic N) is 1. The van der Waals surface area contributed by atoms with Gasteiger partial charge in [0.1, 0.15) is 5.75 Å². The van der Waals surface area contributed by atoms with Crippen LogP contribution >= 0.6 is 0 Å². The third kappa shape index (κ3) is 2.90. The number of likely N-dealkylation sites (tertiary alicyclic amines) is 1. The molecule has 7 nitrogen and oxygen atoms in total. The fraction of sp³-hybridized carbons (Fsp3) is 0.312. The van der Waals surface area contributed by atoms with Gasteiger partial charge in [-0.25, -0.2) is 4.79 Å². The van der Waals surface area contributed by atoms with Gasteiger partial charge in [-0.3, -0.25) is 14.5 Å². The van der Waals surface area contributed by atoms with Crippen molar-refractivity contribution in [2.45, 2.75) is 12.8 Å². The Morgan fingerprint density at radius 2 is 2.04 bits per heavy atom. The number of rotatable bonds is 4. The molecule has 1 aromatic carbocycles. The molecule has 1 aliphatic rings. The van der Waals surface area contributed by atoms with Crippen molar-refractivity contribution in [2.75, 3.05) is 20.8 Å². The number of amides is 2. The minimum atomic E-state index is -1.08. The Morgan fingerprint density at radius 1 is 1.35 bits per heavy atom. The van der Waals surface area contributed by atoms with E-state index in [1.54, 1.807) is 31.2 Å². The molecule has 2 rings (SSSR count). The normalized spacial score (nSPS) is 19.8. The Balaban J connectivity index is 2.57. The van der Waals surface area contributed by atoms with Gasteiger partial charge in [-0.1, -0.05) is 12.1 Å². The zero-order valence-electron chi connectivity index (χ0n) is 13.0. The predicted octanol–water partition coefficient (Wildman–Crippen LogP) is 1.15. The van der Waals surface area contributed by atoms with Crippen LogP contribution in [-0.2, 0) is 19.1 Å². The van der Waals surface area contributed by atoms with Crippen molar-refractivity contribution in [3.8, 4) is 5.75 Å². The molecule has 1 heterocycles. The van der Waals surface area contributed by atoms with E-state index >= 15 is 0 Å². The fourth-order valence-electron chi connectivity index (χ4n) is 2.40. The molecule has 1 fully saturated rings. The summed E-state index contributed by atoms with van der Waals surface area (Å²) >= 11 is 0. The number of likely N-dealkylation sites (N-methyl/N-ethyl adjacent to an activating group) is 1. The van der Waals surface area contributed by atoms with Crippen LogP contribution in [0.2, 0.25) is 0 Å². The lowest BCUT2D eigenvalue weighted by molar-refractivity contribution is -0.142. The summed E-state index contributed by atoms with van der Waals surface area (Å²) in [6.45, 7) is 1.61. The highest BCUT2D eigenvalue weighted by Gasteiger charge is 2.45. The molecule has 23 heavy (non-hydrogen) atoms. The van der Waals surface area contributed by atoms with E-state index < -0.39 is 29.5 Å². The quantitative estimate of drug-likeness (QED) is 0.387. The number of esters is 1. The number of benzene rings is 1. The van der Waals surface area contributed by atoms with Crippen LogP contribution < -0.4 is 4.74 Å². The summed E-state index contributed by atoms with van der Waals surface area (Å²) in [5.41, 5.74) is 0.155. The summed E-state index contributed by atoms with van der Waals surface area (Å²) in [5, 5.41) is 10.1. The summed E-state index contributed by atoms with van der Waals surface area (Å²) in [6, 6.07) is 6.54. The number of aliphatic hydroxyl groups is 1. The van der Waals surface area contributed by atoms with E-state index in [1.165, 1.54) is 14.2 Å². The van der Waals surface area contributed by atoms with Crippen molar-refractivity contribution in [1.82, 2.24) is 4.90 Å². The molecule has 1 N–H and O–H groups in total. The Labute approximate surface area is 133 Å². The molecule has 0 unspecified atom stereocenters. The summed E-state index contributed by atoms with van der Waals surface area (Å²) in [4.78, 5) is 37.3. The molecule has 1 atom stereocenters. The molecular formula is C16H17NO6. The van der Waals surface area contributed by atoms with Gasteiger partial charge < -0.3 is 14.6 Å². The van der Waals surface area contributed by atoms with Crippen molar-refractivity contribution in [1.29, 1.82) is 0 Å². The molecule has 7 heteroatoms. The van der Waals surface area contributed by atoms with Crippen molar-refractivity contribution in [3.63, 3.8) is 0 Å². The predicted molar refractivity (Wildman–Crippen MR) is 79.8 cm³/mol. The summed E-state index contributed by atoms with van der Waals surface area (Å²) in [7, 11) is 2.77. The maximum atomic E-state index is 12.4. The van der Waals surface area contributed by atoms with Gasteiger partial charge >= 0.3 is 5.97 Å². The first-order valence-electron chi connectivity index (χ1n) is 6.98. The van der Waals surface area contributed by atoms with Crippen LogP contribution in [0.5, 0.6) is 5.75 Å². The second kappa shape index (κ2) is 6.51. The first-order valence-corrected chi connectivity index (χ1v) is 6.98. The Kier molecular flexibility index (Phi) is 4.68. The number of ether oxygens (including phenoxy) is 2. The summed E-state index contributed by atoms with van der Waals surface area (Å²) in [6.07, 6.45) is 0. The highest BCUT2D eigenvalue weighted by molar-refractivity contribution is 6.19. The topological polar surface area (TPSA) is 93.1 Å². The lowest BCUT2D eigenvalue weighted by atomic mass is 9.92. The van der Waals surface area contributed by atoms with E-state index in [-0.39, 0.29) is 12.2 Å². The van der Waals surface area contributed by atoms with E-state index in [9.17, 15) is 19.5 Å². The van der Waals surface area contributed by atoms with E-state index in [1.807, 2.05) is 0 Å². The van der Waals surface area contributed by atoms with E-state index in [4.69, 9.17) is 9.47 Å². The molecule has 1 saturated heterocycles. The zero-order chi connectivity index (χ0) is 17.1. The van der Waals surface area contributed by atoms with Crippen molar-refractivity contribution >= 4 is 17.8 Å². The monoisotopic (exact) mass is 319 g/mol. The van der Waals surface area contributed by atoms with Crippen LogP contribution in [0.1, 0.15) is 18.4 Å². The molecule has 1 aromatic rings. The first kappa shape index (κ1) is 16.5. The average Bonchev–Trinajstić information content (AvgIpc) is 2.78. The van der Waals surface area contributed by atoms with E-state index in [0.29, 0.717) is 11.3 Å². The lowest BCUT2D eigenvalue weighted by Gasteiger charge is -2.12. The largest absolute Gasteiger partial charge is 0.501 e. The van der Waals surface area contributed by atoms with Gasteiger partial charge in [-0.05, 0) is 24.6 Å². The van der Waals surface area contributed by atoms with Crippen LogP contribution in [0.15, 0.2) is 35.6 Å². The van der Waals surface area contributed by atoms with E-state index in [2.05, 4.69) is 0 Å². The molecule has 0 spiro atoms. The first-order chi connectivity index (χ1) is 10.9. The second-order valence-electron chi connectivity index (χ2n) is 4.89. The second-order valence-corrected chi connectivity index (χ2v) is 4.89. The number of imide groups is 1. The lowest BCUT2D eigenvalue weighted by Crippen LogP contribution is -2.25. The van der Waals surface area contributed by atoms with Crippen LogP contribution in [0.4, 0.5) is 0 Å². The number of methoxy groups -OCH3 is 1. The average molecular weight is 319 g/mol. The van der Waals surface area contributed by atoms with Gasteiger partial charge in [0.25, 0.3) is 5.91 Å². The van der Waals surface area contributed by atoms with Gasteiger partial charge in [-0.15, -0.1) is 0 Å². The highest BCUT2D eigenvalue weighted by Crippen LogP contribution is 2.36. The fourth-order valence-corrected chi connectivity index (χ4v) is 2.40. The van der Waals surface area contributed by atoms with Crippen molar-refractivity contribution in [3.05, 3.63) is 41.2 Å². The third-order valence-electron chi connectivity index (χ3n) is 3.55. The zero-order valence-corrected chi connectivity index (χ0v) is 13.0. The van der Waals surface area contributed by atoms with Gasteiger partial charge in [0.2, 0.25) is 11.7 Å². The number of carbonyl (C=O) groups excluding carboxylic acids is 3. The standard InChI is InChI=1S/C16H17NO6/c1-4-23-16(21)13(18)12-11(14(19)17(2)15(12)20)9-6-5-7-10(8-9)22-3/h5-8,11,18H,4H2,1-3H3/b13-12+/t11-/m0/s1. The molecule has 1 aliphatic heterocycles. The van der Waals surface area contributed by atoms with Crippen LogP contribution in [-0.4, -0.2) is 48.6 Å². The number of aliphatic hydroxyl groups excluding tert-OH is 1. The molecule has 0 bridgehead atoms. The third-order valence-corrected chi connectivity index (χ3v) is 3.55. The number of hydrogen-bond acceptors (Lipinski definition) is 6. The maximum absolute atomic E-state index is 12.4. The molecule has 0 aliphatic carbocycles. The number of carbonyl (C=O) groups is 3. The highest BCUT2D eigenvalue weighted by atomic mass is 16.5. The van der Waals surface area contributed by atoms with E-state index in [0.717, 1.165) is 4.90 Å².